The van der Waals surface area contributed by atoms with Crippen LogP contribution in [0.2, 0.25) is 0 Å². The van der Waals surface area contributed by atoms with Gasteiger partial charge in [0.1, 0.15) is 0 Å². The van der Waals surface area contributed by atoms with Crippen LogP contribution in [0.3, 0.4) is 0 Å². The molecule has 21 heavy (non-hydrogen) atoms. The van der Waals surface area contributed by atoms with E-state index in [9.17, 15) is 0 Å². The van der Waals surface area contributed by atoms with Crippen LogP contribution in [-0.4, -0.2) is 52.2 Å². The summed E-state index contributed by atoms with van der Waals surface area (Å²) in [6.45, 7) is 9.19. The maximum atomic E-state index is 5.57. The van der Waals surface area contributed by atoms with Crippen molar-refractivity contribution >= 4 is 23.7 Å². The van der Waals surface area contributed by atoms with Gasteiger partial charge in [0.2, 0.25) is 11.9 Å². The lowest BCUT2D eigenvalue weighted by Gasteiger charge is -2.23. The molecule has 1 aliphatic heterocycles. The third kappa shape index (κ3) is 4.62. The number of hydrogen-bond donors (Lipinski definition) is 1. The normalized spacial score (nSPS) is 18.2. The summed E-state index contributed by atoms with van der Waals surface area (Å²) in [6.07, 6.45) is 2.05. The van der Waals surface area contributed by atoms with Gasteiger partial charge in [0, 0.05) is 30.6 Å². The topological polar surface area (TPSA) is 63.2 Å². The molecule has 1 aromatic heterocycles. The van der Waals surface area contributed by atoms with Crippen LogP contribution in [0.4, 0.5) is 11.9 Å². The molecule has 0 saturated carbocycles. The third-order valence-corrected chi connectivity index (χ3v) is 4.75. The first kappa shape index (κ1) is 16.1. The van der Waals surface area contributed by atoms with Gasteiger partial charge >= 0.3 is 6.01 Å². The third-order valence-electron chi connectivity index (χ3n) is 3.38. The number of nitrogens with zero attached hydrogens (tertiary/aromatic N) is 4. The molecule has 7 heteroatoms. The van der Waals surface area contributed by atoms with Crippen LogP contribution in [0, 0.1) is 0 Å². The van der Waals surface area contributed by atoms with Crippen molar-refractivity contribution in [3.8, 4) is 6.01 Å². The van der Waals surface area contributed by atoms with Crippen LogP contribution >= 0.6 is 11.8 Å². The Kier molecular flexibility index (Phi) is 5.50. The average Bonchev–Trinajstić information content (AvgIpc) is 2.65. The molecule has 0 amide bonds. The lowest BCUT2D eigenvalue weighted by Crippen LogP contribution is -2.29. The van der Waals surface area contributed by atoms with Crippen molar-refractivity contribution in [1.82, 2.24) is 15.0 Å². The van der Waals surface area contributed by atoms with Crippen molar-refractivity contribution in [2.75, 3.05) is 42.7 Å². The molecule has 1 aromatic rings. The SMILES string of the molecule is CCCOc1nc(NC)nc(N2CCSC(C)(C)CC2)n1. The summed E-state index contributed by atoms with van der Waals surface area (Å²) >= 11 is 2.01. The molecule has 1 fully saturated rings. The van der Waals surface area contributed by atoms with Crippen LogP contribution in [-0.2, 0) is 0 Å². The fourth-order valence-electron chi connectivity index (χ4n) is 2.08. The van der Waals surface area contributed by atoms with E-state index in [1.54, 1.807) is 0 Å². The van der Waals surface area contributed by atoms with Crippen molar-refractivity contribution in [1.29, 1.82) is 0 Å². The van der Waals surface area contributed by atoms with E-state index in [-0.39, 0.29) is 0 Å². The van der Waals surface area contributed by atoms with Crippen LogP contribution in [0.15, 0.2) is 0 Å². The van der Waals surface area contributed by atoms with Crippen molar-refractivity contribution in [3.63, 3.8) is 0 Å². The predicted molar refractivity (Wildman–Crippen MR) is 88.5 cm³/mol. The number of rotatable bonds is 5. The van der Waals surface area contributed by atoms with Gasteiger partial charge in [-0.15, -0.1) is 0 Å². The van der Waals surface area contributed by atoms with Gasteiger partial charge in [0.25, 0.3) is 0 Å². The molecule has 0 aliphatic carbocycles. The minimum Gasteiger partial charge on any atom is -0.463 e. The summed E-state index contributed by atoms with van der Waals surface area (Å²) in [6, 6.07) is 0.405. The molecule has 0 radical (unpaired) electrons. The number of aromatic nitrogens is 3. The highest BCUT2D eigenvalue weighted by atomic mass is 32.2. The van der Waals surface area contributed by atoms with Crippen LogP contribution in [0.25, 0.3) is 0 Å². The summed E-state index contributed by atoms with van der Waals surface area (Å²) in [5.74, 6) is 2.35. The van der Waals surface area contributed by atoms with E-state index >= 15 is 0 Å². The van der Waals surface area contributed by atoms with E-state index in [0.29, 0.717) is 29.3 Å². The Hall–Kier alpha value is -1.24. The first-order valence-electron chi connectivity index (χ1n) is 7.49. The van der Waals surface area contributed by atoms with Gasteiger partial charge in [-0.05, 0) is 12.8 Å². The minimum atomic E-state index is 0.315. The standard InChI is InChI=1S/C14H25N5OS/c1-5-9-20-13-17-11(15-4)16-12(18-13)19-7-6-14(2,3)21-10-8-19/h5-10H2,1-4H3,(H,15,16,17,18). The number of thioether (sulfide) groups is 1. The van der Waals surface area contributed by atoms with Crippen molar-refractivity contribution < 1.29 is 4.74 Å². The van der Waals surface area contributed by atoms with Gasteiger partial charge in [-0.1, -0.05) is 20.8 Å². The molecule has 0 spiro atoms. The molecule has 1 aliphatic rings. The number of ether oxygens (including phenoxy) is 1. The molecule has 0 atom stereocenters. The molecule has 1 N–H and O–H groups in total. The monoisotopic (exact) mass is 311 g/mol. The molecule has 0 bridgehead atoms. The molecule has 2 heterocycles. The second-order valence-corrected chi connectivity index (χ2v) is 7.49. The molecular weight excluding hydrogens is 286 g/mol. The fraction of sp³-hybridized carbons (Fsp3) is 0.786. The van der Waals surface area contributed by atoms with Crippen molar-refractivity contribution in [2.24, 2.45) is 0 Å². The number of hydrogen-bond acceptors (Lipinski definition) is 7. The Balaban J connectivity index is 2.17. The number of anilines is 2. The largest absolute Gasteiger partial charge is 0.463 e. The summed E-state index contributed by atoms with van der Waals surface area (Å²) in [5.41, 5.74) is 0. The molecule has 0 unspecified atom stereocenters. The molecule has 2 rings (SSSR count). The Morgan fingerprint density at radius 1 is 1.29 bits per heavy atom. The van der Waals surface area contributed by atoms with E-state index < -0.39 is 0 Å². The van der Waals surface area contributed by atoms with E-state index in [1.807, 2.05) is 18.8 Å². The van der Waals surface area contributed by atoms with E-state index in [1.165, 1.54) is 0 Å². The summed E-state index contributed by atoms with van der Waals surface area (Å²) in [4.78, 5) is 15.4. The molecule has 118 valence electrons. The lowest BCUT2D eigenvalue weighted by molar-refractivity contribution is 0.292. The second kappa shape index (κ2) is 7.15. The van der Waals surface area contributed by atoms with Gasteiger partial charge in [-0.2, -0.15) is 26.7 Å². The summed E-state index contributed by atoms with van der Waals surface area (Å²) in [7, 11) is 1.81. The fourth-order valence-corrected chi connectivity index (χ4v) is 3.18. The van der Waals surface area contributed by atoms with Crippen LogP contribution < -0.4 is 15.0 Å². The first-order chi connectivity index (χ1) is 10.0. The van der Waals surface area contributed by atoms with Crippen molar-refractivity contribution in [3.05, 3.63) is 0 Å². The zero-order chi connectivity index (χ0) is 15.3. The minimum absolute atomic E-state index is 0.315. The zero-order valence-corrected chi connectivity index (χ0v) is 14.2. The van der Waals surface area contributed by atoms with Gasteiger partial charge in [-0.25, -0.2) is 0 Å². The van der Waals surface area contributed by atoms with Gasteiger partial charge < -0.3 is 15.0 Å². The highest BCUT2D eigenvalue weighted by Gasteiger charge is 2.25. The quantitative estimate of drug-likeness (QED) is 0.896. The predicted octanol–water partition coefficient (Wildman–Crippen LogP) is 2.42. The highest BCUT2D eigenvalue weighted by Crippen LogP contribution is 2.31. The Labute approximate surface area is 131 Å². The van der Waals surface area contributed by atoms with E-state index in [2.05, 4.69) is 45.9 Å². The smallest absolute Gasteiger partial charge is 0.323 e. The van der Waals surface area contributed by atoms with Crippen LogP contribution in [0.1, 0.15) is 33.6 Å². The van der Waals surface area contributed by atoms with Crippen LogP contribution in [0.5, 0.6) is 6.01 Å². The number of nitrogens with one attached hydrogen (secondary N) is 1. The zero-order valence-electron chi connectivity index (χ0n) is 13.3. The van der Waals surface area contributed by atoms with Gasteiger partial charge in [0.15, 0.2) is 0 Å². The van der Waals surface area contributed by atoms with Crippen molar-refractivity contribution in [2.45, 2.75) is 38.4 Å². The van der Waals surface area contributed by atoms with E-state index in [4.69, 9.17) is 4.74 Å². The Morgan fingerprint density at radius 2 is 2.10 bits per heavy atom. The van der Waals surface area contributed by atoms with Gasteiger partial charge in [-0.3, -0.25) is 0 Å². The maximum Gasteiger partial charge on any atom is 0.323 e. The van der Waals surface area contributed by atoms with Gasteiger partial charge in [0.05, 0.1) is 6.61 Å². The molecule has 1 saturated heterocycles. The maximum absolute atomic E-state index is 5.57. The highest BCUT2D eigenvalue weighted by molar-refractivity contribution is 8.00. The molecular formula is C14H25N5OS. The first-order valence-corrected chi connectivity index (χ1v) is 8.48. The summed E-state index contributed by atoms with van der Waals surface area (Å²) < 4.78 is 5.88. The lowest BCUT2D eigenvalue weighted by atomic mass is 10.1. The summed E-state index contributed by atoms with van der Waals surface area (Å²) in [5, 5.41) is 2.98. The van der Waals surface area contributed by atoms with E-state index in [0.717, 1.165) is 31.7 Å². The molecule has 0 aromatic carbocycles. The molecule has 6 nitrogen and oxygen atoms in total. The Morgan fingerprint density at radius 3 is 2.81 bits per heavy atom. The second-order valence-electron chi connectivity index (χ2n) is 5.69. The average molecular weight is 311 g/mol. The Bertz CT molecular complexity index is 469.